The zero-order valence-corrected chi connectivity index (χ0v) is 11.3. The van der Waals surface area contributed by atoms with Gasteiger partial charge in [0.1, 0.15) is 5.82 Å². The second-order valence-electron chi connectivity index (χ2n) is 4.63. The van der Waals surface area contributed by atoms with Gasteiger partial charge in [-0.1, -0.05) is 12.1 Å². The predicted molar refractivity (Wildman–Crippen MR) is 81.2 cm³/mol. The summed E-state index contributed by atoms with van der Waals surface area (Å²) < 4.78 is 0. The Balaban J connectivity index is 1.90. The minimum absolute atomic E-state index is 0.0543. The molecule has 3 rings (SSSR count). The maximum absolute atomic E-state index is 10.7. The molecular formula is C15H12N4O2. The van der Waals surface area contributed by atoms with Crippen LogP contribution in [0, 0.1) is 17.0 Å². The van der Waals surface area contributed by atoms with Crippen molar-refractivity contribution < 1.29 is 4.92 Å². The summed E-state index contributed by atoms with van der Waals surface area (Å²) in [6, 6.07) is 12.0. The lowest BCUT2D eigenvalue weighted by Crippen LogP contribution is -1.89. The Bertz CT molecular complexity index is 852. The van der Waals surface area contributed by atoms with Crippen molar-refractivity contribution in [2.24, 2.45) is 4.99 Å². The average Bonchev–Trinajstić information content (AvgIpc) is 2.84. The lowest BCUT2D eigenvalue weighted by atomic mass is 10.2. The zero-order valence-electron chi connectivity index (χ0n) is 11.3. The van der Waals surface area contributed by atoms with Crippen molar-refractivity contribution in [3.8, 4) is 0 Å². The van der Waals surface area contributed by atoms with E-state index in [1.165, 1.54) is 12.1 Å². The van der Waals surface area contributed by atoms with Crippen molar-refractivity contribution in [2.45, 2.75) is 6.92 Å². The predicted octanol–water partition coefficient (Wildman–Crippen LogP) is 3.53. The molecular weight excluding hydrogens is 268 g/mol. The van der Waals surface area contributed by atoms with Gasteiger partial charge in [-0.2, -0.15) is 0 Å². The molecule has 3 aromatic rings. The topological polar surface area (TPSA) is 84.2 Å². The van der Waals surface area contributed by atoms with Gasteiger partial charge in [-0.25, -0.2) is 4.98 Å². The number of fused-ring (bicyclic) bond motifs is 1. The van der Waals surface area contributed by atoms with Gasteiger partial charge in [-0.3, -0.25) is 15.1 Å². The lowest BCUT2D eigenvalue weighted by Gasteiger charge is -1.95. The molecule has 0 atom stereocenters. The van der Waals surface area contributed by atoms with Gasteiger partial charge in [0.25, 0.3) is 5.69 Å². The number of nitrogens with zero attached hydrogens (tertiary/aromatic N) is 3. The van der Waals surface area contributed by atoms with E-state index in [9.17, 15) is 10.1 Å². The highest BCUT2D eigenvalue weighted by molar-refractivity contribution is 5.85. The number of hydrogen-bond acceptors (Lipinski definition) is 4. The van der Waals surface area contributed by atoms with Crippen LogP contribution in [0.3, 0.4) is 0 Å². The van der Waals surface area contributed by atoms with Crippen LogP contribution in [-0.4, -0.2) is 21.1 Å². The van der Waals surface area contributed by atoms with Gasteiger partial charge in [0, 0.05) is 18.3 Å². The Morgan fingerprint density at radius 3 is 2.95 bits per heavy atom. The first-order chi connectivity index (χ1) is 10.1. The Morgan fingerprint density at radius 1 is 1.29 bits per heavy atom. The number of imidazole rings is 1. The highest BCUT2D eigenvalue weighted by Gasteiger charge is 2.04. The van der Waals surface area contributed by atoms with Crippen LogP contribution in [0.15, 0.2) is 47.5 Å². The van der Waals surface area contributed by atoms with Crippen LogP contribution in [0.2, 0.25) is 0 Å². The summed E-state index contributed by atoms with van der Waals surface area (Å²) in [4.78, 5) is 22.1. The largest absolute Gasteiger partial charge is 0.342 e. The molecule has 0 unspecified atom stereocenters. The molecule has 0 bridgehead atoms. The number of H-pyrrole nitrogens is 1. The number of non-ortho nitro benzene ring substituents is 1. The first kappa shape index (κ1) is 13.0. The van der Waals surface area contributed by atoms with Gasteiger partial charge in [0.15, 0.2) is 0 Å². The van der Waals surface area contributed by atoms with Crippen LogP contribution in [0.1, 0.15) is 11.4 Å². The molecule has 1 heterocycles. The van der Waals surface area contributed by atoms with Crippen molar-refractivity contribution >= 4 is 28.6 Å². The molecule has 104 valence electrons. The summed E-state index contributed by atoms with van der Waals surface area (Å²) in [7, 11) is 0. The summed E-state index contributed by atoms with van der Waals surface area (Å²) in [5.41, 5.74) is 3.31. The van der Waals surface area contributed by atoms with Crippen molar-refractivity contribution in [1.29, 1.82) is 0 Å². The van der Waals surface area contributed by atoms with Crippen molar-refractivity contribution in [1.82, 2.24) is 9.97 Å². The number of hydrogen-bond donors (Lipinski definition) is 1. The van der Waals surface area contributed by atoms with E-state index in [1.54, 1.807) is 18.3 Å². The van der Waals surface area contributed by atoms with Crippen molar-refractivity contribution in [3.05, 3.63) is 64.0 Å². The first-order valence-corrected chi connectivity index (χ1v) is 6.37. The van der Waals surface area contributed by atoms with E-state index < -0.39 is 4.92 Å². The van der Waals surface area contributed by atoms with Crippen LogP contribution in [0.5, 0.6) is 0 Å². The smallest absolute Gasteiger partial charge is 0.270 e. The first-order valence-electron chi connectivity index (χ1n) is 6.37. The Kier molecular flexibility index (Phi) is 3.19. The number of rotatable bonds is 3. The highest BCUT2D eigenvalue weighted by Crippen LogP contribution is 2.20. The molecule has 0 saturated heterocycles. The van der Waals surface area contributed by atoms with E-state index in [2.05, 4.69) is 15.0 Å². The summed E-state index contributed by atoms with van der Waals surface area (Å²) in [6.45, 7) is 1.89. The monoisotopic (exact) mass is 280 g/mol. The van der Waals surface area contributed by atoms with E-state index in [0.717, 1.165) is 22.5 Å². The number of aliphatic imine (C=N–C) groups is 1. The summed E-state index contributed by atoms with van der Waals surface area (Å²) in [6.07, 6.45) is 1.61. The van der Waals surface area contributed by atoms with Crippen LogP contribution in [0.4, 0.5) is 11.4 Å². The van der Waals surface area contributed by atoms with E-state index in [-0.39, 0.29) is 5.69 Å². The number of nitro groups is 1. The number of nitro benzene ring substituents is 1. The summed E-state index contributed by atoms with van der Waals surface area (Å²) >= 11 is 0. The molecule has 1 aromatic heterocycles. The molecule has 0 aliphatic heterocycles. The number of benzene rings is 2. The molecule has 6 heteroatoms. The van der Waals surface area contributed by atoms with Gasteiger partial charge in [-0.15, -0.1) is 0 Å². The second-order valence-corrected chi connectivity index (χ2v) is 4.63. The second kappa shape index (κ2) is 5.16. The van der Waals surface area contributed by atoms with Crippen LogP contribution < -0.4 is 0 Å². The maximum Gasteiger partial charge on any atom is 0.270 e. The molecule has 0 fully saturated rings. The van der Waals surface area contributed by atoms with E-state index >= 15 is 0 Å². The molecule has 2 aromatic carbocycles. The third-order valence-electron chi connectivity index (χ3n) is 3.03. The lowest BCUT2D eigenvalue weighted by molar-refractivity contribution is -0.384. The average molecular weight is 280 g/mol. The Hall–Kier alpha value is -3.02. The normalized spacial score (nSPS) is 11.3. The van der Waals surface area contributed by atoms with E-state index in [1.807, 2.05) is 25.1 Å². The molecule has 0 saturated carbocycles. The zero-order chi connectivity index (χ0) is 14.8. The van der Waals surface area contributed by atoms with Crippen LogP contribution >= 0.6 is 0 Å². The van der Waals surface area contributed by atoms with Crippen molar-refractivity contribution in [2.75, 3.05) is 0 Å². The van der Waals surface area contributed by atoms with Gasteiger partial charge in [0.05, 0.1) is 21.6 Å². The van der Waals surface area contributed by atoms with Gasteiger partial charge >= 0.3 is 0 Å². The van der Waals surface area contributed by atoms with Crippen LogP contribution in [0.25, 0.3) is 11.0 Å². The number of aryl methyl sites for hydroxylation is 1. The van der Waals surface area contributed by atoms with E-state index in [4.69, 9.17) is 0 Å². The maximum atomic E-state index is 10.7. The standard InChI is InChI=1S/C15H12N4O2/c1-10-17-14-6-5-12(8-15(14)18-10)16-9-11-3-2-4-13(7-11)19(20)21/h2-9H,1H3,(H,17,18). The summed E-state index contributed by atoms with van der Waals surface area (Å²) in [5, 5.41) is 10.7. The fourth-order valence-electron chi connectivity index (χ4n) is 2.07. The molecule has 21 heavy (non-hydrogen) atoms. The van der Waals surface area contributed by atoms with Gasteiger partial charge in [0.2, 0.25) is 0 Å². The minimum atomic E-state index is -0.420. The molecule has 0 aliphatic rings. The number of aromatic amines is 1. The number of aromatic nitrogens is 2. The Morgan fingerprint density at radius 2 is 2.14 bits per heavy atom. The molecule has 0 amide bonds. The molecule has 6 nitrogen and oxygen atoms in total. The van der Waals surface area contributed by atoms with E-state index in [0.29, 0.717) is 5.56 Å². The number of nitrogens with one attached hydrogen (secondary N) is 1. The van der Waals surface area contributed by atoms with Gasteiger partial charge in [-0.05, 0) is 30.7 Å². The van der Waals surface area contributed by atoms with Crippen molar-refractivity contribution in [3.63, 3.8) is 0 Å². The SMILES string of the molecule is Cc1nc2ccc(N=Cc3cccc([N+](=O)[O-])c3)cc2[nH]1. The third kappa shape index (κ3) is 2.79. The quantitative estimate of drug-likeness (QED) is 0.452. The molecule has 0 radical (unpaired) electrons. The highest BCUT2D eigenvalue weighted by atomic mass is 16.6. The van der Waals surface area contributed by atoms with Crippen LogP contribution in [-0.2, 0) is 0 Å². The third-order valence-corrected chi connectivity index (χ3v) is 3.03. The fraction of sp³-hybridized carbons (Fsp3) is 0.0667. The molecule has 0 aliphatic carbocycles. The minimum Gasteiger partial charge on any atom is -0.342 e. The fourth-order valence-corrected chi connectivity index (χ4v) is 2.07. The molecule has 0 spiro atoms. The Labute approximate surface area is 120 Å². The molecule has 1 N–H and O–H groups in total. The van der Waals surface area contributed by atoms with Gasteiger partial charge < -0.3 is 4.98 Å². The summed E-state index contributed by atoms with van der Waals surface area (Å²) in [5.74, 6) is 0.852.